The maximum Gasteiger partial charge on any atom is 0.121 e. The first-order valence-electron chi connectivity index (χ1n) is 7.31. The van der Waals surface area contributed by atoms with Gasteiger partial charge in [0.15, 0.2) is 0 Å². The highest BCUT2D eigenvalue weighted by molar-refractivity contribution is 5.48. The lowest BCUT2D eigenvalue weighted by Crippen LogP contribution is -2.27. The molecule has 0 spiro atoms. The lowest BCUT2D eigenvalue weighted by Gasteiger charge is -2.29. The van der Waals surface area contributed by atoms with E-state index in [1.165, 1.54) is 37.8 Å². The van der Waals surface area contributed by atoms with Crippen LogP contribution in [-0.4, -0.2) is 12.6 Å². The number of hydrogen-bond donors (Lipinski definition) is 1. The molecule has 2 rings (SSSR count). The molecule has 1 aliphatic carbocycles. The van der Waals surface area contributed by atoms with E-state index in [2.05, 4.69) is 30.4 Å². The summed E-state index contributed by atoms with van der Waals surface area (Å²) < 4.78 is 5.54. The van der Waals surface area contributed by atoms with E-state index in [4.69, 9.17) is 4.74 Å². The highest BCUT2D eigenvalue weighted by Gasteiger charge is 2.20. The van der Waals surface area contributed by atoms with Gasteiger partial charge in [-0.05, 0) is 37.8 Å². The summed E-state index contributed by atoms with van der Waals surface area (Å²) in [5.74, 6) is 1.87. The second kappa shape index (κ2) is 6.67. The molecule has 2 atom stereocenters. The van der Waals surface area contributed by atoms with Gasteiger partial charge >= 0.3 is 0 Å². The minimum atomic E-state index is 0.639. The van der Waals surface area contributed by atoms with Crippen molar-refractivity contribution in [2.24, 2.45) is 5.92 Å². The van der Waals surface area contributed by atoms with Gasteiger partial charge in [-0.2, -0.15) is 0 Å². The van der Waals surface area contributed by atoms with Crippen molar-refractivity contribution in [3.8, 4) is 5.75 Å². The third-order valence-corrected chi connectivity index (χ3v) is 3.88. The summed E-state index contributed by atoms with van der Waals surface area (Å²) in [4.78, 5) is 0. The summed E-state index contributed by atoms with van der Waals surface area (Å²) in [5.41, 5.74) is 1.20. The maximum absolute atomic E-state index is 5.54. The van der Waals surface area contributed by atoms with Crippen LogP contribution in [0.15, 0.2) is 24.3 Å². The Morgan fingerprint density at radius 1 is 1.28 bits per heavy atom. The Bertz CT molecular complexity index is 364. The predicted octanol–water partition coefficient (Wildman–Crippen LogP) is 4.47. The average Bonchev–Trinajstić information content (AvgIpc) is 2.40. The number of hydrogen-bond acceptors (Lipinski definition) is 2. The van der Waals surface area contributed by atoms with Gasteiger partial charge in [0, 0.05) is 17.8 Å². The molecule has 1 fully saturated rings. The van der Waals surface area contributed by atoms with E-state index in [-0.39, 0.29) is 0 Å². The molecule has 18 heavy (non-hydrogen) atoms. The van der Waals surface area contributed by atoms with Crippen molar-refractivity contribution in [2.75, 3.05) is 11.9 Å². The van der Waals surface area contributed by atoms with E-state index in [1.807, 2.05) is 13.0 Å². The Morgan fingerprint density at radius 3 is 2.94 bits per heavy atom. The highest BCUT2D eigenvalue weighted by Crippen LogP contribution is 2.29. The molecule has 2 nitrogen and oxygen atoms in total. The molecule has 1 aromatic carbocycles. The van der Waals surface area contributed by atoms with Crippen molar-refractivity contribution >= 4 is 5.69 Å². The lowest BCUT2D eigenvalue weighted by atomic mass is 9.84. The lowest BCUT2D eigenvalue weighted by molar-refractivity contribution is 0.327. The van der Waals surface area contributed by atoms with Crippen molar-refractivity contribution in [1.29, 1.82) is 0 Å². The first-order valence-corrected chi connectivity index (χ1v) is 7.31. The van der Waals surface area contributed by atoms with Crippen molar-refractivity contribution < 1.29 is 4.74 Å². The van der Waals surface area contributed by atoms with Gasteiger partial charge < -0.3 is 10.1 Å². The minimum Gasteiger partial charge on any atom is -0.494 e. The van der Waals surface area contributed by atoms with Crippen LogP contribution in [0, 0.1) is 5.92 Å². The largest absolute Gasteiger partial charge is 0.494 e. The summed E-state index contributed by atoms with van der Waals surface area (Å²) >= 11 is 0. The third kappa shape index (κ3) is 3.66. The Balaban J connectivity index is 1.93. The van der Waals surface area contributed by atoms with Gasteiger partial charge in [0.2, 0.25) is 0 Å². The van der Waals surface area contributed by atoms with Crippen LogP contribution in [0.1, 0.15) is 46.0 Å². The molecule has 0 saturated heterocycles. The fourth-order valence-corrected chi connectivity index (χ4v) is 2.87. The van der Waals surface area contributed by atoms with E-state index in [0.717, 1.165) is 18.3 Å². The normalized spacial score (nSPS) is 23.7. The van der Waals surface area contributed by atoms with Crippen LogP contribution in [0.4, 0.5) is 5.69 Å². The van der Waals surface area contributed by atoms with E-state index in [9.17, 15) is 0 Å². The molecular weight excluding hydrogens is 222 g/mol. The third-order valence-electron chi connectivity index (χ3n) is 3.88. The summed E-state index contributed by atoms with van der Waals surface area (Å²) in [6.45, 7) is 5.06. The van der Waals surface area contributed by atoms with Crippen LogP contribution in [0.3, 0.4) is 0 Å². The predicted molar refractivity (Wildman–Crippen MR) is 77.3 cm³/mol. The van der Waals surface area contributed by atoms with Gasteiger partial charge in [-0.25, -0.2) is 0 Å². The van der Waals surface area contributed by atoms with Crippen LogP contribution in [0.5, 0.6) is 5.75 Å². The molecular formula is C16H25NO. The van der Waals surface area contributed by atoms with Crippen molar-refractivity contribution in [3.63, 3.8) is 0 Å². The second-order valence-corrected chi connectivity index (χ2v) is 5.24. The molecule has 0 heterocycles. The van der Waals surface area contributed by atoms with Crippen LogP contribution >= 0.6 is 0 Å². The maximum atomic E-state index is 5.54. The molecule has 1 saturated carbocycles. The Morgan fingerprint density at radius 2 is 2.17 bits per heavy atom. The van der Waals surface area contributed by atoms with Crippen molar-refractivity contribution in [2.45, 2.75) is 52.0 Å². The molecule has 0 aromatic heterocycles. The topological polar surface area (TPSA) is 21.3 Å². The molecule has 0 aliphatic heterocycles. The van der Waals surface area contributed by atoms with E-state index < -0.39 is 0 Å². The zero-order chi connectivity index (χ0) is 12.8. The molecule has 2 unspecified atom stereocenters. The summed E-state index contributed by atoms with van der Waals surface area (Å²) in [7, 11) is 0. The monoisotopic (exact) mass is 247 g/mol. The quantitative estimate of drug-likeness (QED) is 0.829. The Hall–Kier alpha value is -1.18. The summed E-state index contributed by atoms with van der Waals surface area (Å²) in [6, 6.07) is 8.97. The zero-order valence-electron chi connectivity index (χ0n) is 11.6. The first kappa shape index (κ1) is 13.3. The fraction of sp³-hybridized carbons (Fsp3) is 0.625. The van der Waals surface area contributed by atoms with Gasteiger partial charge in [0.1, 0.15) is 5.75 Å². The number of anilines is 1. The van der Waals surface area contributed by atoms with Crippen LogP contribution in [0.25, 0.3) is 0 Å². The number of nitrogens with one attached hydrogen (secondary N) is 1. The van der Waals surface area contributed by atoms with Crippen LogP contribution in [-0.2, 0) is 0 Å². The second-order valence-electron chi connectivity index (χ2n) is 5.24. The number of benzene rings is 1. The first-order chi connectivity index (χ1) is 8.81. The molecule has 0 bridgehead atoms. The highest BCUT2D eigenvalue weighted by atomic mass is 16.5. The molecule has 0 amide bonds. The standard InChI is InChI=1S/C16H25NO/c1-3-13-7-5-8-14(11-13)17-15-9-6-10-16(12-15)18-4-2/h6,9-10,12-14,17H,3-5,7-8,11H2,1-2H3. The van der Waals surface area contributed by atoms with E-state index in [1.54, 1.807) is 0 Å². The molecule has 100 valence electrons. The van der Waals surface area contributed by atoms with Crippen molar-refractivity contribution in [1.82, 2.24) is 0 Å². The molecule has 1 N–H and O–H groups in total. The van der Waals surface area contributed by atoms with Gasteiger partial charge in [-0.15, -0.1) is 0 Å². The zero-order valence-corrected chi connectivity index (χ0v) is 11.6. The molecule has 1 aromatic rings. The SMILES string of the molecule is CCOc1cccc(NC2CCCC(CC)C2)c1. The number of ether oxygens (including phenoxy) is 1. The van der Waals surface area contributed by atoms with Crippen molar-refractivity contribution in [3.05, 3.63) is 24.3 Å². The fourth-order valence-electron chi connectivity index (χ4n) is 2.87. The Kier molecular flexibility index (Phi) is 4.91. The van der Waals surface area contributed by atoms with Crippen LogP contribution < -0.4 is 10.1 Å². The number of rotatable bonds is 5. The Labute approximate surface area is 111 Å². The van der Waals surface area contributed by atoms with Gasteiger partial charge in [-0.3, -0.25) is 0 Å². The minimum absolute atomic E-state index is 0.639. The summed E-state index contributed by atoms with van der Waals surface area (Å²) in [6.07, 6.45) is 6.71. The van der Waals surface area contributed by atoms with E-state index in [0.29, 0.717) is 6.04 Å². The van der Waals surface area contributed by atoms with Crippen LogP contribution in [0.2, 0.25) is 0 Å². The van der Waals surface area contributed by atoms with Gasteiger partial charge in [0.05, 0.1) is 6.61 Å². The average molecular weight is 247 g/mol. The van der Waals surface area contributed by atoms with Gasteiger partial charge in [-0.1, -0.05) is 32.3 Å². The summed E-state index contributed by atoms with van der Waals surface area (Å²) in [5, 5.41) is 3.66. The van der Waals surface area contributed by atoms with Gasteiger partial charge in [0.25, 0.3) is 0 Å². The smallest absolute Gasteiger partial charge is 0.121 e. The molecule has 2 heteroatoms. The molecule has 1 aliphatic rings. The van der Waals surface area contributed by atoms with E-state index >= 15 is 0 Å². The molecule has 0 radical (unpaired) electrons.